The van der Waals surface area contributed by atoms with E-state index in [1.807, 2.05) is 31.2 Å². The van der Waals surface area contributed by atoms with E-state index in [-0.39, 0.29) is 5.97 Å². The molecule has 0 fully saturated rings. The zero-order valence-corrected chi connectivity index (χ0v) is 13.3. The summed E-state index contributed by atoms with van der Waals surface area (Å²) in [6, 6.07) is 7.95. The van der Waals surface area contributed by atoms with Crippen molar-refractivity contribution < 1.29 is 14.3 Å². The molecule has 0 saturated carbocycles. The van der Waals surface area contributed by atoms with Crippen LogP contribution in [0, 0.1) is 6.92 Å². The predicted octanol–water partition coefficient (Wildman–Crippen LogP) is 3.77. The normalized spacial score (nSPS) is 10.4. The molecule has 21 heavy (non-hydrogen) atoms. The average Bonchev–Trinajstić information content (AvgIpc) is 2.87. The topological polar surface area (TPSA) is 48.4 Å². The van der Waals surface area contributed by atoms with E-state index in [9.17, 15) is 4.79 Å². The Bertz CT molecular complexity index is 622. The summed E-state index contributed by atoms with van der Waals surface area (Å²) in [4.78, 5) is 16.7. The van der Waals surface area contributed by atoms with Crippen LogP contribution >= 0.6 is 11.3 Å². The molecule has 0 aliphatic rings. The van der Waals surface area contributed by atoms with E-state index in [0.29, 0.717) is 23.8 Å². The van der Waals surface area contributed by atoms with E-state index >= 15 is 0 Å². The molecule has 4 nitrogen and oxygen atoms in total. The Labute approximate surface area is 128 Å². The number of aryl methyl sites for hydroxylation is 2. The molecule has 2 rings (SSSR count). The van der Waals surface area contributed by atoms with Crippen molar-refractivity contribution in [3.8, 4) is 5.75 Å². The standard InChI is InChI=1S/C16H19NO3S/c1-4-12-8-6-7-9-13(12)20-10-14-17-11(3)15(21-14)16(18)19-5-2/h6-9H,4-5,10H2,1-3H3. The number of rotatable bonds is 6. The number of hydrogen-bond acceptors (Lipinski definition) is 5. The Kier molecular flexibility index (Phi) is 5.33. The van der Waals surface area contributed by atoms with Crippen LogP contribution in [0.3, 0.4) is 0 Å². The maximum atomic E-state index is 11.8. The summed E-state index contributed by atoms with van der Waals surface area (Å²) in [5.41, 5.74) is 1.86. The zero-order chi connectivity index (χ0) is 15.2. The number of nitrogens with zero attached hydrogens (tertiary/aromatic N) is 1. The summed E-state index contributed by atoms with van der Waals surface area (Å²) in [5.74, 6) is 0.554. The molecule has 112 valence electrons. The number of hydrogen-bond donors (Lipinski definition) is 0. The van der Waals surface area contributed by atoms with Crippen molar-refractivity contribution in [2.45, 2.75) is 33.8 Å². The third kappa shape index (κ3) is 3.82. The lowest BCUT2D eigenvalue weighted by Crippen LogP contribution is -2.03. The first-order chi connectivity index (χ1) is 10.2. The van der Waals surface area contributed by atoms with Crippen molar-refractivity contribution in [1.82, 2.24) is 4.98 Å². The van der Waals surface area contributed by atoms with Crippen molar-refractivity contribution >= 4 is 17.3 Å². The number of benzene rings is 1. The minimum atomic E-state index is -0.312. The number of aromatic nitrogens is 1. The van der Waals surface area contributed by atoms with Crippen molar-refractivity contribution in [2.24, 2.45) is 0 Å². The Morgan fingerprint density at radius 2 is 2.05 bits per heavy atom. The largest absolute Gasteiger partial charge is 0.486 e. The average molecular weight is 305 g/mol. The summed E-state index contributed by atoms with van der Waals surface area (Å²) < 4.78 is 10.8. The van der Waals surface area contributed by atoms with Gasteiger partial charge in [0.2, 0.25) is 0 Å². The first-order valence-electron chi connectivity index (χ1n) is 6.99. The lowest BCUT2D eigenvalue weighted by atomic mass is 10.1. The molecule has 0 radical (unpaired) electrons. The molecule has 0 aliphatic carbocycles. The second kappa shape index (κ2) is 7.22. The van der Waals surface area contributed by atoms with Crippen LogP contribution in [0.15, 0.2) is 24.3 Å². The van der Waals surface area contributed by atoms with Crippen LogP contribution in [-0.2, 0) is 17.8 Å². The van der Waals surface area contributed by atoms with E-state index in [1.54, 1.807) is 6.92 Å². The van der Waals surface area contributed by atoms with Crippen LogP contribution in [-0.4, -0.2) is 17.6 Å². The highest BCUT2D eigenvalue weighted by Crippen LogP contribution is 2.23. The molecule has 0 amide bonds. The van der Waals surface area contributed by atoms with Gasteiger partial charge in [0, 0.05) is 0 Å². The molecule has 1 heterocycles. The van der Waals surface area contributed by atoms with E-state index in [0.717, 1.165) is 22.7 Å². The molecule has 0 atom stereocenters. The minimum absolute atomic E-state index is 0.312. The lowest BCUT2D eigenvalue weighted by Gasteiger charge is -2.08. The van der Waals surface area contributed by atoms with E-state index in [1.165, 1.54) is 11.3 Å². The van der Waals surface area contributed by atoms with Gasteiger partial charge in [0.25, 0.3) is 0 Å². The number of carbonyl (C=O) groups is 1. The Morgan fingerprint density at radius 1 is 1.29 bits per heavy atom. The van der Waals surface area contributed by atoms with Gasteiger partial charge in [-0.15, -0.1) is 11.3 Å². The van der Waals surface area contributed by atoms with Crippen molar-refractivity contribution in [1.29, 1.82) is 0 Å². The number of thiazole rings is 1. The van der Waals surface area contributed by atoms with Gasteiger partial charge in [0.1, 0.15) is 22.2 Å². The van der Waals surface area contributed by atoms with E-state index in [2.05, 4.69) is 11.9 Å². The summed E-state index contributed by atoms with van der Waals surface area (Å²) in [6.45, 7) is 6.43. The first kappa shape index (κ1) is 15.5. The molecule has 5 heteroatoms. The quantitative estimate of drug-likeness (QED) is 0.762. The number of ether oxygens (including phenoxy) is 2. The van der Waals surface area contributed by atoms with Crippen LogP contribution < -0.4 is 4.74 Å². The third-order valence-electron chi connectivity index (χ3n) is 3.01. The van der Waals surface area contributed by atoms with Crippen LogP contribution in [0.4, 0.5) is 0 Å². The molecule has 1 aromatic carbocycles. The number of carbonyl (C=O) groups excluding carboxylic acids is 1. The second-order valence-electron chi connectivity index (χ2n) is 4.49. The maximum absolute atomic E-state index is 11.8. The van der Waals surface area contributed by atoms with E-state index in [4.69, 9.17) is 9.47 Å². The van der Waals surface area contributed by atoms with Crippen LogP contribution in [0.1, 0.15) is 39.8 Å². The van der Waals surface area contributed by atoms with Crippen LogP contribution in [0.5, 0.6) is 5.75 Å². The summed E-state index contributed by atoms with van der Waals surface area (Å²) in [6.07, 6.45) is 0.918. The summed E-state index contributed by atoms with van der Waals surface area (Å²) in [7, 11) is 0. The molecule has 0 unspecified atom stereocenters. The molecule has 0 bridgehead atoms. The summed E-state index contributed by atoms with van der Waals surface area (Å²) >= 11 is 1.33. The van der Waals surface area contributed by atoms with Crippen molar-refractivity contribution in [2.75, 3.05) is 6.61 Å². The molecule has 0 N–H and O–H groups in total. The van der Waals surface area contributed by atoms with Gasteiger partial charge < -0.3 is 9.47 Å². The molecule has 0 aliphatic heterocycles. The monoisotopic (exact) mass is 305 g/mol. The second-order valence-corrected chi connectivity index (χ2v) is 5.58. The van der Waals surface area contributed by atoms with Gasteiger partial charge in [-0.3, -0.25) is 0 Å². The molecule has 0 saturated heterocycles. The van der Waals surface area contributed by atoms with Gasteiger partial charge in [-0.2, -0.15) is 0 Å². The lowest BCUT2D eigenvalue weighted by molar-refractivity contribution is 0.0531. The van der Waals surface area contributed by atoms with Gasteiger partial charge in [-0.05, 0) is 31.9 Å². The highest BCUT2D eigenvalue weighted by atomic mass is 32.1. The highest BCUT2D eigenvalue weighted by Gasteiger charge is 2.16. The van der Waals surface area contributed by atoms with Crippen molar-refractivity contribution in [3.05, 3.63) is 45.4 Å². The predicted molar refractivity (Wildman–Crippen MR) is 83.0 cm³/mol. The molecule has 1 aromatic heterocycles. The van der Waals surface area contributed by atoms with Gasteiger partial charge in [-0.1, -0.05) is 25.1 Å². The van der Waals surface area contributed by atoms with Gasteiger partial charge in [0.05, 0.1) is 12.3 Å². The van der Waals surface area contributed by atoms with Crippen LogP contribution in [0.2, 0.25) is 0 Å². The Balaban J connectivity index is 2.07. The number of esters is 1. The van der Waals surface area contributed by atoms with Gasteiger partial charge >= 0.3 is 5.97 Å². The fraction of sp³-hybridized carbons (Fsp3) is 0.375. The van der Waals surface area contributed by atoms with Gasteiger partial charge in [0.15, 0.2) is 0 Å². The third-order valence-corrected chi connectivity index (χ3v) is 4.12. The fourth-order valence-corrected chi connectivity index (χ4v) is 2.85. The zero-order valence-electron chi connectivity index (χ0n) is 12.5. The van der Waals surface area contributed by atoms with Crippen LogP contribution in [0.25, 0.3) is 0 Å². The fourth-order valence-electron chi connectivity index (χ4n) is 1.98. The van der Waals surface area contributed by atoms with E-state index < -0.39 is 0 Å². The Morgan fingerprint density at radius 3 is 2.76 bits per heavy atom. The molecule has 2 aromatic rings. The van der Waals surface area contributed by atoms with Crippen molar-refractivity contribution in [3.63, 3.8) is 0 Å². The summed E-state index contributed by atoms with van der Waals surface area (Å²) in [5, 5.41) is 0.779. The molecule has 0 spiro atoms. The molecular weight excluding hydrogens is 286 g/mol. The first-order valence-corrected chi connectivity index (χ1v) is 7.81. The molecular formula is C16H19NO3S. The highest BCUT2D eigenvalue weighted by molar-refractivity contribution is 7.13. The maximum Gasteiger partial charge on any atom is 0.350 e. The Hall–Kier alpha value is -1.88. The van der Waals surface area contributed by atoms with Gasteiger partial charge in [-0.25, -0.2) is 9.78 Å². The smallest absolute Gasteiger partial charge is 0.350 e. The SMILES string of the molecule is CCOC(=O)c1sc(COc2ccccc2CC)nc1C. The minimum Gasteiger partial charge on any atom is -0.486 e. The number of para-hydroxylation sites is 1.